The van der Waals surface area contributed by atoms with E-state index in [2.05, 4.69) is 15.0 Å². The van der Waals surface area contributed by atoms with Crippen molar-refractivity contribution in [2.75, 3.05) is 7.11 Å². The molecule has 4 aromatic rings. The number of fused-ring (bicyclic) bond motifs is 1. The lowest BCUT2D eigenvalue weighted by Crippen LogP contribution is -1.95. The molecule has 0 aliphatic heterocycles. The zero-order valence-corrected chi connectivity index (χ0v) is 12.9. The maximum Gasteiger partial charge on any atom is 0.213 e. The highest BCUT2D eigenvalue weighted by atomic mass is 16.5. The van der Waals surface area contributed by atoms with Gasteiger partial charge in [0.1, 0.15) is 11.4 Å². The molecule has 3 heterocycles. The number of aromatic hydroxyl groups is 1. The molecule has 0 spiro atoms. The highest BCUT2D eigenvalue weighted by Crippen LogP contribution is 2.25. The average molecular weight is 318 g/mol. The molecular formula is C18H14N4O2. The summed E-state index contributed by atoms with van der Waals surface area (Å²) >= 11 is 0. The molecule has 4 rings (SSSR count). The monoisotopic (exact) mass is 318 g/mol. The van der Waals surface area contributed by atoms with Crippen LogP contribution in [-0.4, -0.2) is 31.6 Å². The lowest BCUT2D eigenvalue weighted by Gasteiger charge is -2.06. The number of hydrogen-bond acceptors (Lipinski definition) is 5. The average Bonchev–Trinajstić information content (AvgIpc) is 3.05. The number of methoxy groups -OCH3 is 1. The summed E-state index contributed by atoms with van der Waals surface area (Å²) in [4.78, 5) is 13.2. The first-order valence-corrected chi connectivity index (χ1v) is 7.38. The molecule has 6 nitrogen and oxygen atoms in total. The van der Waals surface area contributed by atoms with Gasteiger partial charge in [-0.05, 0) is 30.3 Å². The fraction of sp³-hybridized carbons (Fsp3) is 0.0556. The van der Waals surface area contributed by atoms with Gasteiger partial charge >= 0.3 is 0 Å². The van der Waals surface area contributed by atoms with Gasteiger partial charge in [-0.2, -0.15) is 0 Å². The second-order valence-corrected chi connectivity index (χ2v) is 5.26. The number of phenolic OH excluding ortho intramolecular Hbond substituents is 1. The summed E-state index contributed by atoms with van der Waals surface area (Å²) in [5.41, 5.74) is 4.05. The third-order valence-electron chi connectivity index (χ3n) is 3.75. The number of ether oxygens (including phenoxy) is 1. The highest BCUT2D eigenvalue weighted by Gasteiger charge is 2.09. The Bertz CT molecular complexity index is 1010. The van der Waals surface area contributed by atoms with Crippen molar-refractivity contribution in [3.8, 4) is 34.3 Å². The lowest BCUT2D eigenvalue weighted by molar-refractivity contribution is 0.398. The molecule has 0 aliphatic carbocycles. The van der Waals surface area contributed by atoms with Crippen LogP contribution in [0.25, 0.3) is 28.3 Å². The molecule has 0 bridgehead atoms. The molecule has 1 N–H and O–H groups in total. The van der Waals surface area contributed by atoms with Gasteiger partial charge in [0, 0.05) is 17.8 Å². The lowest BCUT2D eigenvalue weighted by atomic mass is 10.1. The molecule has 0 radical (unpaired) electrons. The van der Waals surface area contributed by atoms with E-state index in [4.69, 9.17) is 4.74 Å². The Morgan fingerprint density at radius 3 is 2.58 bits per heavy atom. The number of pyridine rings is 1. The van der Waals surface area contributed by atoms with Crippen molar-refractivity contribution in [1.29, 1.82) is 0 Å². The van der Waals surface area contributed by atoms with Gasteiger partial charge in [0.05, 0.1) is 30.9 Å². The molecule has 6 heteroatoms. The first kappa shape index (κ1) is 14.2. The number of aromatic nitrogens is 4. The third kappa shape index (κ3) is 2.44. The van der Waals surface area contributed by atoms with E-state index in [9.17, 15) is 5.11 Å². The number of benzene rings is 1. The summed E-state index contributed by atoms with van der Waals surface area (Å²) in [5, 5.41) is 9.46. The number of rotatable bonds is 3. The Balaban J connectivity index is 1.85. The Morgan fingerprint density at radius 2 is 1.79 bits per heavy atom. The second kappa shape index (κ2) is 5.66. The maximum atomic E-state index is 9.46. The molecule has 0 aliphatic rings. The summed E-state index contributed by atoms with van der Waals surface area (Å²) in [6, 6.07) is 12.6. The standard InChI is InChI=1S/C18H14N4O2/c1-24-18-4-2-3-14(21-18)15-11-22-16(9-20-17(22)10-19-15)12-5-7-13(23)8-6-12/h2-11,23H,1H3. The van der Waals surface area contributed by atoms with Crippen molar-refractivity contribution in [1.82, 2.24) is 19.4 Å². The van der Waals surface area contributed by atoms with Crippen LogP contribution < -0.4 is 4.74 Å². The van der Waals surface area contributed by atoms with E-state index in [1.807, 2.05) is 34.9 Å². The Morgan fingerprint density at radius 1 is 0.958 bits per heavy atom. The quantitative estimate of drug-likeness (QED) is 0.628. The molecule has 0 saturated carbocycles. The highest BCUT2D eigenvalue weighted by molar-refractivity contribution is 5.66. The van der Waals surface area contributed by atoms with Crippen LogP contribution in [0.4, 0.5) is 0 Å². The number of imidazole rings is 1. The van der Waals surface area contributed by atoms with Crippen LogP contribution in [0.3, 0.4) is 0 Å². The second-order valence-electron chi connectivity index (χ2n) is 5.26. The molecule has 118 valence electrons. The van der Waals surface area contributed by atoms with Crippen LogP contribution in [0.5, 0.6) is 11.6 Å². The molecule has 0 fully saturated rings. The van der Waals surface area contributed by atoms with Crippen LogP contribution in [-0.2, 0) is 0 Å². The third-order valence-corrected chi connectivity index (χ3v) is 3.75. The topological polar surface area (TPSA) is 72.5 Å². The smallest absolute Gasteiger partial charge is 0.213 e. The number of phenols is 1. The van der Waals surface area contributed by atoms with E-state index < -0.39 is 0 Å². The van der Waals surface area contributed by atoms with Crippen LogP contribution >= 0.6 is 0 Å². The summed E-state index contributed by atoms with van der Waals surface area (Å²) in [7, 11) is 1.58. The zero-order valence-electron chi connectivity index (χ0n) is 12.9. The summed E-state index contributed by atoms with van der Waals surface area (Å²) in [6.07, 6.45) is 5.39. The van der Waals surface area contributed by atoms with E-state index in [0.717, 1.165) is 28.3 Å². The van der Waals surface area contributed by atoms with Gasteiger partial charge in [0.15, 0.2) is 5.65 Å². The van der Waals surface area contributed by atoms with Gasteiger partial charge in [-0.3, -0.25) is 4.40 Å². The largest absolute Gasteiger partial charge is 0.508 e. The predicted molar refractivity (Wildman–Crippen MR) is 89.9 cm³/mol. The number of nitrogens with zero attached hydrogens (tertiary/aromatic N) is 4. The van der Waals surface area contributed by atoms with Crippen LogP contribution in [0, 0.1) is 0 Å². The van der Waals surface area contributed by atoms with E-state index in [1.54, 1.807) is 37.7 Å². The van der Waals surface area contributed by atoms with E-state index in [0.29, 0.717) is 5.88 Å². The van der Waals surface area contributed by atoms with E-state index in [-0.39, 0.29) is 5.75 Å². The summed E-state index contributed by atoms with van der Waals surface area (Å²) in [6.45, 7) is 0. The molecule has 0 saturated heterocycles. The van der Waals surface area contributed by atoms with E-state index >= 15 is 0 Å². The first-order chi connectivity index (χ1) is 11.7. The fourth-order valence-corrected chi connectivity index (χ4v) is 2.54. The Hall–Kier alpha value is -3.41. The zero-order chi connectivity index (χ0) is 16.5. The van der Waals surface area contributed by atoms with Crippen molar-refractivity contribution < 1.29 is 9.84 Å². The Labute approximate surface area is 138 Å². The molecule has 24 heavy (non-hydrogen) atoms. The minimum Gasteiger partial charge on any atom is -0.508 e. The molecule has 1 aromatic carbocycles. The molecule has 0 amide bonds. The van der Waals surface area contributed by atoms with Gasteiger partial charge < -0.3 is 9.84 Å². The van der Waals surface area contributed by atoms with Crippen LogP contribution in [0.15, 0.2) is 61.1 Å². The van der Waals surface area contributed by atoms with Gasteiger partial charge in [-0.1, -0.05) is 6.07 Å². The van der Waals surface area contributed by atoms with Gasteiger partial charge in [0.25, 0.3) is 0 Å². The maximum absolute atomic E-state index is 9.46. The minimum absolute atomic E-state index is 0.232. The van der Waals surface area contributed by atoms with Crippen LogP contribution in [0.2, 0.25) is 0 Å². The molecule has 3 aromatic heterocycles. The molecule has 0 atom stereocenters. The van der Waals surface area contributed by atoms with Crippen molar-refractivity contribution in [2.45, 2.75) is 0 Å². The van der Waals surface area contributed by atoms with Crippen molar-refractivity contribution in [3.63, 3.8) is 0 Å². The van der Waals surface area contributed by atoms with Crippen molar-refractivity contribution >= 4 is 5.65 Å². The summed E-state index contributed by atoms with van der Waals surface area (Å²) in [5.74, 6) is 0.772. The SMILES string of the molecule is COc1cccc(-c2cn3c(-c4ccc(O)cc4)cnc3cn2)n1. The van der Waals surface area contributed by atoms with Crippen molar-refractivity contribution in [2.24, 2.45) is 0 Å². The van der Waals surface area contributed by atoms with Gasteiger partial charge in [0.2, 0.25) is 5.88 Å². The van der Waals surface area contributed by atoms with Crippen molar-refractivity contribution in [3.05, 3.63) is 61.1 Å². The predicted octanol–water partition coefficient (Wildman–Crippen LogP) is 3.17. The van der Waals surface area contributed by atoms with Gasteiger partial charge in [-0.15, -0.1) is 0 Å². The first-order valence-electron chi connectivity index (χ1n) is 7.38. The van der Waals surface area contributed by atoms with E-state index in [1.165, 1.54) is 0 Å². The minimum atomic E-state index is 0.232. The van der Waals surface area contributed by atoms with Crippen LogP contribution in [0.1, 0.15) is 0 Å². The molecular weight excluding hydrogens is 304 g/mol. The normalized spacial score (nSPS) is 10.9. The summed E-state index contributed by atoms with van der Waals surface area (Å²) < 4.78 is 7.13. The number of hydrogen-bond donors (Lipinski definition) is 1. The van der Waals surface area contributed by atoms with Gasteiger partial charge in [-0.25, -0.2) is 15.0 Å². The Kier molecular flexibility index (Phi) is 3.35. The molecule has 0 unspecified atom stereocenters. The fourth-order valence-electron chi connectivity index (χ4n) is 2.54.